The van der Waals surface area contributed by atoms with Crippen molar-refractivity contribution in [3.63, 3.8) is 0 Å². The van der Waals surface area contributed by atoms with E-state index in [1.54, 1.807) is 6.92 Å². The summed E-state index contributed by atoms with van der Waals surface area (Å²) in [6.07, 6.45) is 3.48. The molecule has 0 radical (unpaired) electrons. The summed E-state index contributed by atoms with van der Waals surface area (Å²) in [5.41, 5.74) is -0.0834. The van der Waals surface area contributed by atoms with Crippen LogP contribution in [0.4, 0.5) is 0 Å². The van der Waals surface area contributed by atoms with Crippen molar-refractivity contribution in [3.8, 4) is 0 Å². The minimum Gasteiger partial charge on any atom is -0.462 e. The van der Waals surface area contributed by atoms with E-state index in [1.165, 1.54) is 0 Å². The smallest absolute Gasteiger partial charge is 0.342 e. The van der Waals surface area contributed by atoms with Gasteiger partial charge in [0.15, 0.2) is 5.03 Å². The third kappa shape index (κ3) is 4.02. The van der Waals surface area contributed by atoms with Crippen LogP contribution in [0, 0.1) is 0 Å². The Kier molecular flexibility index (Phi) is 4.96. The van der Waals surface area contributed by atoms with Crippen molar-refractivity contribution >= 4 is 16.0 Å². The average molecular weight is 316 g/mol. The highest BCUT2D eigenvalue weighted by atomic mass is 32.2. The molecule has 21 heavy (non-hydrogen) atoms. The standard InChI is InChI=1S/C12H20N4O4S/c1-3-20-12(17)10-8-13-15-11(10)21(18,19)14-6-7-16(2)9-4-5-9/h8-9,14H,3-7H2,1-2H3,(H,13,15). The van der Waals surface area contributed by atoms with Gasteiger partial charge in [0.05, 0.1) is 12.8 Å². The van der Waals surface area contributed by atoms with E-state index in [-0.39, 0.29) is 23.7 Å². The third-order valence-corrected chi connectivity index (χ3v) is 4.73. The number of sulfonamides is 1. The van der Waals surface area contributed by atoms with Crippen LogP contribution in [0.15, 0.2) is 11.2 Å². The maximum absolute atomic E-state index is 12.2. The number of hydrogen-bond acceptors (Lipinski definition) is 6. The molecule has 0 spiro atoms. The first kappa shape index (κ1) is 15.9. The molecule has 0 saturated heterocycles. The largest absolute Gasteiger partial charge is 0.462 e. The zero-order chi connectivity index (χ0) is 15.5. The number of aromatic nitrogens is 2. The van der Waals surface area contributed by atoms with Gasteiger partial charge in [0.2, 0.25) is 0 Å². The number of likely N-dealkylation sites (N-methyl/N-ethyl adjacent to an activating group) is 1. The number of aromatic amines is 1. The van der Waals surface area contributed by atoms with Crippen LogP contribution in [-0.4, -0.2) is 62.3 Å². The number of esters is 1. The monoisotopic (exact) mass is 316 g/mol. The maximum atomic E-state index is 12.2. The molecule has 0 atom stereocenters. The molecule has 1 aromatic heterocycles. The molecule has 1 aliphatic carbocycles. The predicted molar refractivity (Wildman–Crippen MR) is 75.4 cm³/mol. The number of carbonyl (C=O) groups is 1. The van der Waals surface area contributed by atoms with Gasteiger partial charge in [-0.25, -0.2) is 17.9 Å². The number of nitrogens with one attached hydrogen (secondary N) is 2. The first-order valence-electron chi connectivity index (χ1n) is 6.86. The van der Waals surface area contributed by atoms with Gasteiger partial charge in [-0.3, -0.25) is 5.10 Å². The number of carbonyl (C=O) groups excluding carboxylic acids is 1. The van der Waals surface area contributed by atoms with Gasteiger partial charge in [-0.1, -0.05) is 0 Å². The Morgan fingerprint density at radius 3 is 2.90 bits per heavy atom. The molecular formula is C12H20N4O4S. The van der Waals surface area contributed by atoms with Crippen molar-refractivity contribution in [3.05, 3.63) is 11.8 Å². The van der Waals surface area contributed by atoms with E-state index < -0.39 is 16.0 Å². The highest BCUT2D eigenvalue weighted by Gasteiger charge is 2.28. The molecule has 1 aliphatic rings. The number of nitrogens with zero attached hydrogens (tertiary/aromatic N) is 2. The summed E-state index contributed by atoms with van der Waals surface area (Å²) < 4.78 is 31.6. The van der Waals surface area contributed by atoms with Crippen LogP contribution < -0.4 is 4.72 Å². The van der Waals surface area contributed by atoms with Gasteiger partial charge in [0.25, 0.3) is 10.0 Å². The minimum absolute atomic E-state index is 0.0834. The lowest BCUT2D eigenvalue weighted by molar-refractivity contribution is 0.0522. The second kappa shape index (κ2) is 6.54. The molecule has 0 bridgehead atoms. The first-order valence-corrected chi connectivity index (χ1v) is 8.34. The molecule has 9 heteroatoms. The predicted octanol–water partition coefficient (Wildman–Crippen LogP) is -0.0411. The molecule has 0 aliphatic heterocycles. The number of ether oxygens (including phenoxy) is 1. The van der Waals surface area contributed by atoms with Crippen LogP contribution in [-0.2, 0) is 14.8 Å². The quantitative estimate of drug-likeness (QED) is 0.652. The summed E-state index contributed by atoms with van der Waals surface area (Å²) in [4.78, 5) is 13.8. The molecule has 1 heterocycles. The van der Waals surface area contributed by atoms with Crippen LogP contribution in [0.2, 0.25) is 0 Å². The van der Waals surface area contributed by atoms with Crippen molar-refractivity contribution in [2.45, 2.75) is 30.8 Å². The third-order valence-electron chi connectivity index (χ3n) is 3.30. The van der Waals surface area contributed by atoms with Crippen molar-refractivity contribution in [2.24, 2.45) is 0 Å². The summed E-state index contributed by atoms with van der Waals surface area (Å²) in [6, 6.07) is 0.566. The summed E-state index contributed by atoms with van der Waals surface area (Å²) >= 11 is 0. The fourth-order valence-corrected chi connectivity index (χ4v) is 3.06. The van der Waals surface area contributed by atoms with Gasteiger partial charge >= 0.3 is 5.97 Å². The molecule has 8 nitrogen and oxygen atoms in total. The molecule has 1 aromatic rings. The Labute approximate surface area is 123 Å². The summed E-state index contributed by atoms with van der Waals surface area (Å²) in [5, 5.41) is 5.71. The maximum Gasteiger partial charge on any atom is 0.342 e. The topological polar surface area (TPSA) is 104 Å². The number of rotatable bonds is 8. The highest BCUT2D eigenvalue weighted by Crippen LogP contribution is 2.24. The van der Waals surface area contributed by atoms with Crippen molar-refractivity contribution < 1.29 is 17.9 Å². The van der Waals surface area contributed by atoms with Gasteiger partial charge in [-0.2, -0.15) is 5.10 Å². The van der Waals surface area contributed by atoms with Crippen LogP contribution >= 0.6 is 0 Å². The fourth-order valence-electron chi connectivity index (χ4n) is 1.96. The van der Waals surface area contributed by atoms with Crippen LogP contribution in [0.3, 0.4) is 0 Å². The van der Waals surface area contributed by atoms with Crippen LogP contribution in [0.25, 0.3) is 0 Å². The summed E-state index contributed by atoms with van der Waals surface area (Å²) in [5.74, 6) is -0.707. The molecule has 0 aromatic carbocycles. The Bertz CT molecular complexity index is 594. The molecule has 1 fully saturated rings. The Morgan fingerprint density at radius 1 is 1.57 bits per heavy atom. The van der Waals surface area contributed by atoms with Crippen molar-refractivity contribution in [1.29, 1.82) is 0 Å². The summed E-state index contributed by atoms with van der Waals surface area (Å²) in [6.45, 7) is 2.71. The van der Waals surface area contributed by atoms with E-state index in [0.717, 1.165) is 19.0 Å². The normalized spacial score (nSPS) is 15.4. The van der Waals surface area contributed by atoms with E-state index in [0.29, 0.717) is 12.6 Å². The molecule has 2 rings (SSSR count). The fraction of sp³-hybridized carbons (Fsp3) is 0.667. The second-order valence-electron chi connectivity index (χ2n) is 4.94. The van der Waals surface area contributed by atoms with E-state index >= 15 is 0 Å². The van der Waals surface area contributed by atoms with Crippen molar-refractivity contribution in [1.82, 2.24) is 19.8 Å². The lowest BCUT2D eigenvalue weighted by Crippen LogP contribution is -2.34. The van der Waals surface area contributed by atoms with Gasteiger partial charge < -0.3 is 9.64 Å². The molecule has 2 N–H and O–H groups in total. The van der Waals surface area contributed by atoms with Gasteiger partial charge in [-0.15, -0.1) is 0 Å². The second-order valence-corrected chi connectivity index (χ2v) is 6.65. The Morgan fingerprint density at radius 2 is 2.29 bits per heavy atom. The van der Waals surface area contributed by atoms with Gasteiger partial charge in [0.1, 0.15) is 5.56 Å². The van der Waals surface area contributed by atoms with Crippen LogP contribution in [0.5, 0.6) is 0 Å². The van der Waals surface area contributed by atoms with E-state index in [4.69, 9.17) is 4.74 Å². The van der Waals surface area contributed by atoms with Crippen molar-refractivity contribution in [2.75, 3.05) is 26.7 Å². The molecule has 0 unspecified atom stereocenters. The Balaban J connectivity index is 1.98. The lowest BCUT2D eigenvalue weighted by Gasteiger charge is -2.15. The number of hydrogen-bond donors (Lipinski definition) is 2. The van der Waals surface area contributed by atoms with E-state index in [9.17, 15) is 13.2 Å². The number of H-pyrrole nitrogens is 1. The Hall–Kier alpha value is -1.45. The summed E-state index contributed by atoms with van der Waals surface area (Å²) in [7, 11) is -1.84. The highest BCUT2D eigenvalue weighted by molar-refractivity contribution is 7.89. The molecule has 1 saturated carbocycles. The molecule has 0 amide bonds. The zero-order valence-electron chi connectivity index (χ0n) is 12.1. The van der Waals surface area contributed by atoms with E-state index in [1.807, 2.05) is 7.05 Å². The van der Waals surface area contributed by atoms with Gasteiger partial charge in [-0.05, 0) is 26.8 Å². The SMILES string of the molecule is CCOC(=O)c1cn[nH]c1S(=O)(=O)NCCN(C)C1CC1. The first-order chi connectivity index (χ1) is 9.95. The van der Waals surface area contributed by atoms with Crippen LogP contribution in [0.1, 0.15) is 30.1 Å². The van der Waals surface area contributed by atoms with E-state index in [2.05, 4.69) is 19.8 Å². The zero-order valence-corrected chi connectivity index (χ0v) is 12.9. The van der Waals surface area contributed by atoms with Gasteiger partial charge in [0, 0.05) is 19.1 Å². The molecular weight excluding hydrogens is 296 g/mol. The molecule has 118 valence electrons. The average Bonchev–Trinajstić information content (AvgIpc) is 3.15. The minimum atomic E-state index is -3.81. The lowest BCUT2D eigenvalue weighted by atomic mass is 10.4.